The number of ketones is 2. The number of unbranched alkanes of at least 4 members (excludes halogenated alkanes) is 4. The molecule has 9 nitrogen and oxygen atoms in total. The van der Waals surface area contributed by atoms with Crippen LogP contribution in [0.5, 0.6) is 5.75 Å². The van der Waals surface area contributed by atoms with Crippen LogP contribution in [0.15, 0.2) is 29.1 Å². The van der Waals surface area contributed by atoms with Crippen LogP contribution in [-0.4, -0.2) is 52.0 Å². The number of carbonyl (C=O) groups is 3. The molecule has 3 heterocycles. The predicted molar refractivity (Wildman–Crippen MR) is 185 cm³/mol. The Kier molecular flexibility index (Phi) is 9.79. The minimum atomic E-state index is -2.28. The summed E-state index contributed by atoms with van der Waals surface area (Å²) in [6, 6.07) is 7.37. The molecule has 1 aliphatic carbocycles. The van der Waals surface area contributed by atoms with Crippen LogP contribution in [0, 0.1) is 0 Å². The summed E-state index contributed by atoms with van der Waals surface area (Å²) in [5.41, 5.74) is 2.13. The first-order valence-electron chi connectivity index (χ1n) is 17.0. The first-order chi connectivity index (χ1) is 22.1. The van der Waals surface area contributed by atoms with Gasteiger partial charge in [0.1, 0.15) is 18.0 Å². The molecule has 3 aromatic rings. The maximum absolute atomic E-state index is 14.0. The lowest BCUT2D eigenvalue weighted by molar-refractivity contribution is -0.140. The fourth-order valence-corrected chi connectivity index (χ4v) is 9.55. The molecule has 0 fully saturated rings. The van der Waals surface area contributed by atoms with Crippen LogP contribution in [0.25, 0.3) is 22.3 Å². The van der Waals surface area contributed by atoms with Crippen LogP contribution in [0.1, 0.15) is 102 Å². The highest BCUT2D eigenvalue weighted by atomic mass is 28.3. The Morgan fingerprint density at radius 2 is 1.68 bits per heavy atom. The van der Waals surface area contributed by atoms with E-state index in [-0.39, 0.29) is 41.0 Å². The van der Waals surface area contributed by atoms with Gasteiger partial charge in [-0.05, 0) is 65.7 Å². The van der Waals surface area contributed by atoms with Crippen LogP contribution < -0.4 is 15.5 Å². The molecule has 2 aliphatic rings. The van der Waals surface area contributed by atoms with Crippen molar-refractivity contribution >= 4 is 41.7 Å². The molecule has 0 unspecified atom stereocenters. The zero-order valence-corrected chi connectivity index (χ0v) is 29.6. The van der Waals surface area contributed by atoms with Crippen molar-refractivity contribution in [3.8, 4) is 17.1 Å². The van der Waals surface area contributed by atoms with Crippen LogP contribution in [0.2, 0.25) is 18.1 Å². The molecule has 0 amide bonds. The number of ether oxygens (including phenoxy) is 1. The number of fused-ring (bicyclic) bond motifs is 5. The van der Waals surface area contributed by atoms with Gasteiger partial charge in [-0.1, -0.05) is 60.1 Å². The molecule has 47 heavy (non-hydrogen) atoms. The third-order valence-corrected chi connectivity index (χ3v) is 16.4. The summed E-state index contributed by atoms with van der Waals surface area (Å²) in [5, 5.41) is 22.3. The molecule has 1 aliphatic heterocycles. The summed E-state index contributed by atoms with van der Waals surface area (Å²) in [7, 11) is -2.28. The predicted octanol–water partition coefficient (Wildman–Crippen LogP) is 5.45. The largest absolute Gasteiger partial charge is 0.427 e. The molecule has 0 saturated heterocycles. The number of pyridine rings is 2. The zero-order valence-electron chi connectivity index (χ0n) is 28.6. The van der Waals surface area contributed by atoms with E-state index in [9.17, 15) is 24.3 Å². The molecule has 5 rings (SSSR count). The van der Waals surface area contributed by atoms with Gasteiger partial charge < -0.3 is 19.5 Å². The Bertz CT molecular complexity index is 1800. The van der Waals surface area contributed by atoms with Crippen molar-refractivity contribution in [3.05, 3.63) is 51.3 Å². The molecule has 0 spiro atoms. The smallest absolute Gasteiger partial charge is 0.311 e. The highest BCUT2D eigenvalue weighted by Crippen LogP contribution is 2.43. The summed E-state index contributed by atoms with van der Waals surface area (Å²) in [4.78, 5) is 56.0. The van der Waals surface area contributed by atoms with Gasteiger partial charge in [0.05, 0.1) is 31.5 Å². The van der Waals surface area contributed by atoms with E-state index in [1.54, 1.807) is 17.6 Å². The van der Waals surface area contributed by atoms with E-state index in [0.29, 0.717) is 60.5 Å². The number of esters is 1. The van der Waals surface area contributed by atoms with E-state index >= 15 is 0 Å². The van der Waals surface area contributed by atoms with Gasteiger partial charge in [0, 0.05) is 35.8 Å². The fraction of sp³-hybridized carbons (Fsp3) is 0.541. The second-order valence-corrected chi connectivity index (χ2v) is 20.0. The molecule has 2 aromatic heterocycles. The molecule has 1 atom stereocenters. The molecule has 252 valence electrons. The molecule has 1 aromatic carbocycles. The summed E-state index contributed by atoms with van der Waals surface area (Å²) in [6.45, 7) is 13.1. The number of hydrogen-bond donors (Lipinski definition) is 2. The average molecular weight is 661 g/mol. The van der Waals surface area contributed by atoms with Gasteiger partial charge in [0.2, 0.25) is 0 Å². The molecule has 0 saturated carbocycles. The third kappa shape index (κ3) is 6.39. The molecule has 2 N–H and O–H groups in total. The van der Waals surface area contributed by atoms with E-state index in [0.717, 1.165) is 42.1 Å². The number of carbonyl (C=O) groups excluding carboxylic acids is 3. The molecular formula is C37H48N2O7Si. The Balaban J connectivity index is 1.48. The Hall–Kier alpha value is -3.47. The van der Waals surface area contributed by atoms with E-state index < -0.39 is 20.3 Å². The average Bonchev–Trinajstić information content (AvgIpc) is 3.38. The van der Waals surface area contributed by atoms with Crippen molar-refractivity contribution < 1.29 is 29.3 Å². The van der Waals surface area contributed by atoms with E-state index in [1.807, 2.05) is 18.2 Å². The number of nitrogens with zero attached hydrogens (tertiary/aromatic N) is 2. The fourth-order valence-electron chi connectivity index (χ4n) is 6.98. The number of aliphatic hydroxyl groups excluding tert-OH is 1. The SMILES string of the molecule is CC[C@@]1(O)C(=O)CCc2c1cc1n(c2=O)Cc2c-1nc1ccc(OC(=O)CCCCCCCC(=O)CO)cc1c2[Si](C)(C)C(C)(C)C. The number of rotatable bonds is 12. The topological polar surface area (TPSA) is 136 Å². The van der Waals surface area contributed by atoms with Crippen molar-refractivity contribution in [2.45, 2.75) is 122 Å². The van der Waals surface area contributed by atoms with Crippen molar-refractivity contribution in [3.63, 3.8) is 0 Å². The quantitative estimate of drug-likeness (QED) is 0.0887. The van der Waals surface area contributed by atoms with Crippen molar-refractivity contribution in [2.75, 3.05) is 6.61 Å². The first kappa shape index (κ1) is 34.9. The van der Waals surface area contributed by atoms with Crippen LogP contribution in [0.3, 0.4) is 0 Å². The van der Waals surface area contributed by atoms with Crippen molar-refractivity contribution in [2.24, 2.45) is 0 Å². The van der Waals surface area contributed by atoms with Crippen LogP contribution in [0.4, 0.5) is 0 Å². The van der Waals surface area contributed by atoms with Gasteiger partial charge in [-0.25, -0.2) is 4.98 Å². The zero-order chi connectivity index (χ0) is 34.3. The second-order valence-electron chi connectivity index (χ2n) is 14.8. The number of hydrogen-bond acceptors (Lipinski definition) is 8. The lowest BCUT2D eigenvalue weighted by atomic mass is 9.77. The Morgan fingerprint density at radius 1 is 1.00 bits per heavy atom. The van der Waals surface area contributed by atoms with E-state index in [1.165, 1.54) is 5.19 Å². The molecule has 0 radical (unpaired) electrons. The summed E-state index contributed by atoms with van der Waals surface area (Å²) >= 11 is 0. The van der Waals surface area contributed by atoms with Crippen LogP contribution >= 0.6 is 0 Å². The third-order valence-electron chi connectivity index (χ3n) is 10.8. The monoisotopic (exact) mass is 660 g/mol. The highest BCUT2D eigenvalue weighted by molar-refractivity contribution is 6.94. The highest BCUT2D eigenvalue weighted by Gasteiger charge is 2.45. The maximum atomic E-state index is 14.0. The van der Waals surface area contributed by atoms with E-state index in [4.69, 9.17) is 14.8 Å². The van der Waals surface area contributed by atoms with Crippen molar-refractivity contribution in [1.29, 1.82) is 0 Å². The normalized spacial score (nSPS) is 17.4. The van der Waals surface area contributed by atoms with Crippen molar-refractivity contribution in [1.82, 2.24) is 9.55 Å². The Morgan fingerprint density at radius 3 is 2.34 bits per heavy atom. The number of aliphatic hydroxyl groups is 2. The molecule has 10 heteroatoms. The standard InChI is InChI=1S/C37H48N2O7Si/c1-7-37(45)28-20-30-33-27(21-39(30)35(44)25(28)16-18-31(37)42)34(47(5,6)36(2,3)4)26-19-24(15-17-29(26)38-33)46-32(43)14-12-10-8-9-11-13-23(41)22-40/h15,17,19-20,40,45H,7-14,16,18,21-22H2,1-6H3/t37-/m0/s1. The summed E-state index contributed by atoms with van der Waals surface area (Å²) in [6.07, 6.45) is 5.44. The van der Waals surface area contributed by atoms with Gasteiger partial charge >= 0.3 is 5.97 Å². The molecule has 0 bridgehead atoms. The first-order valence-corrected chi connectivity index (χ1v) is 20.0. The van der Waals surface area contributed by atoms with Gasteiger partial charge in [-0.3, -0.25) is 19.2 Å². The second kappa shape index (κ2) is 13.2. The van der Waals surface area contributed by atoms with E-state index in [2.05, 4.69) is 33.9 Å². The minimum Gasteiger partial charge on any atom is -0.427 e. The van der Waals surface area contributed by atoms with Gasteiger partial charge in [-0.2, -0.15) is 0 Å². The lowest BCUT2D eigenvalue weighted by Gasteiger charge is -2.39. The van der Waals surface area contributed by atoms with Gasteiger partial charge in [0.25, 0.3) is 5.56 Å². The van der Waals surface area contributed by atoms with Crippen LogP contribution in [-0.2, 0) is 33.0 Å². The maximum Gasteiger partial charge on any atom is 0.311 e. The Labute approximate surface area is 277 Å². The number of benzene rings is 1. The van der Waals surface area contributed by atoms with Gasteiger partial charge in [0.15, 0.2) is 11.6 Å². The summed E-state index contributed by atoms with van der Waals surface area (Å²) in [5.74, 6) is -0.232. The summed E-state index contributed by atoms with van der Waals surface area (Å²) < 4.78 is 7.58. The minimum absolute atomic E-state index is 0.0546. The number of aromatic nitrogens is 2. The molecular weight excluding hydrogens is 613 g/mol. The number of Topliss-reactive ketones (excluding diaryl/α,β-unsaturated/α-hetero) is 2. The van der Waals surface area contributed by atoms with Gasteiger partial charge in [-0.15, -0.1) is 0 Å². The lowest BCUT2D eigenvalue weighted by Crippen LogP contribution is -2.51.